The fourth-order valence-corrected chi connectivity index (χ4v) is 10.6. The zero-order chi connectivity index (χ0) is 44.6. The van der Waals surface area contributed by atoms with E-state index >= 15 is 0 Å². The number of likely N-dealkylation sites (tertiary alicyclic amines) is 2. The highest BCUT2D eigenvalue weighted by molar-refractivity contribution is 8.76. The van der Waals surface area contributed by atoms with Gasteiger partial charge in [0.1, 0.15) is 11.5 Å². The second-order valence-electron chi connectivity index (χ2n) is 17.8. The van der Waals surface area contributed by atoms with Crippen molar-refractivity contribution in [3.05, 3.63) is 72.3 Å². The van der Waals surface area contributed by atoms with Gasteiger partial charge in [-0.3, -0.25) is 14.4 Å². The fraction of sp³-hybridized carbons (Fsp3) is 0.673. The summed E-state index contributed by atoms with van der Waals surface area (Å²) in [7, 11) is 3.98. The van der Waals surface area contributed by atoms with Crippen molar-refractivity contribution in [3.8, 4) is 11.5 Å². The summed E-state index contributed by atoms with van der Waals surface area (Å²) < 4.78 is 16.8. The number of benzene rings is 2. The third kappa shape index (κ3) is 25.3. The minimum Gasteiger partial charge on any atom is -0.508 e. The molecule has 11 heteroatoms. The van der Waals surface area contributed by atoms with Crippen molar-refractivity contribution >= 4 is 39.5 Å². The van der Waals surface area contributed by atoms with E-state index in [2.05, 4.69) is 28.9 Å². The van der Waals surface area contributed by atoms with E-state index in [4.69, 9.17) is 14.2 Å². The van der Waals surface area contributed by atoms with Crippen molar-refractivity contribution in [1.29, 1.82) is 0 Å². The first-order valence-corrected chi connectivity index (χ1v) is 27.0. The first-order valence-electron chi connectivity index (χ1n) is 24.5. The summed E-state index contributed by atoms with van der Waals surface area (Å²) in [4.78, 5) is 43.0. The Balaban J connectivity index is 0.989. The summed E-state index contributed by atoms with van der Waals surface area (Å²) in [6.45, 7) is 9.96. The van der Waals surface area contributed by atoms with E-state index in [0.29, 0.717) is 50.1 Å². The zero-order valence-electron chi connectivity index (χ0n) is 38.6. The van der Waals surface area contributed by atoms with Crippen LogP contribution in [-0.2, 0) is 30.3 Å². The Morgan fingerprint density at radius 1 is 0.683 bits per heavy atom. The minimum atomic E-state index is -0.246. The van der Waals surface area contributed by atoms with Crippen LogP contribution in [0.1, 0.15) is 141 Å². The Bertz CT molecular complexity index is 1530. The average molecular weight is 909 g/mol. The topological polar surface area (TPSA) is 106 Å². The van der Waals surface area contributed by atoms with Gasteiger partial charge in [0, 0.05) is 37.4 Å². The minimum absolute atomic E-state index is 0.117. The molecular weight excluding hydrogens is 829 g/mol. The van der Waals surface area contributed by atoms with E-state index < -0.39 is 0 Å². The number of phenolic OH excluding ortho intramolecular Hbond substituents is 1. The Morgan fingerprint density at radius 2 is 1.24 bits per heavy atom. The summed E-state index contributed by atoms with van der Waals surface area (Å²) >= 11 is 0. The molecule has 0 saturated carbocycles. The second-order valence-corrected chi connectivity index (χ2v) is 20.5. The molecule has 4 rings (SSSR count). The number of allylic oxidation sites excluding steroid dienone is 2. The van der Waals surface area contributed by atoms with E-state index in [1.165, 1.54) is 57.8 Å². The molecule has 2 aromatic rings. The molecule has 0 spiro atoms. The van der Waals surface area contributed by atoms with Gasteiger partial charge in [-0.2, -0.15) is 0 Å². The van der Waals surface area contributed by atoms with Crippen LogP contribution in [0, 0.1) is 17.8 Å². The van der Waals surface area contributed by atoms with Gasteiger partial charge in [-0.25, -0.2) is 0 Å². The Labute approximate surface area is 388 Å². The van der Waals surface area contributed by atoms with Gasteiger partial charge in [0.05, 0.1) is 19.6 Å². The number of hydrogen-bond acceptors (Lipinski definition) is 11. The molecule has 2 fully saturated rings. The van der Waals surface area contributed by atoms with Crippen LogP contribution >= 0.6 is 21.6 Å². The number of aromatic hydroxyl groups is 1. The van der Waals surface area contributed by atoms with E-state index in [-0.39, 0.29) is 36.0 Å². The lowest BCUT2D eigenvalue weighted by molar-refractivity contribution is -0.146. The monoisotopic (exact) mass is 909 g/mol. The van der Waals surface area contributed by atoms with Gasteiger partial charge in [0.25, 0.3) is 0 Å². The lowest BCUT2D eigenvalue weighted by Gasteiger charge is -2.32. The molecule has 0 aromatic heterocycles. The molecule has 0 bridgehead atoms. The van der Waals surface area contributed by atoms with Crippen LogP contribution in [0.4, 0.5) is 0 Å². The number of hydrogen-bond donors (Lipinski definition) is 1. The maximum atomic E-state index is 13.0. The quantitative estimate of drug-likeness (QED) is 0.0243. The summed E-state index contributed by atoms with van der Waals surface area (Å²) in [5, 5.41) is 9.41. The van der Waals surface area contributed by atoms with Crippen LogP contribution in [0.3, 0.4) is 0 Å². The summed E-state index contributed by atoms with van der Waals surface area (Å²) in [5.74, 6) is 3.80. The van der Waals surface area contributed by atoms with Gasteiger partial charge in [-0.05, 0) is 151 Å². The Hall–Kier alpha value is -2.99. The Kier molecular flexibility index (Phi) is 28.0. The molecule has 1 unspecified atom stereocenters. The molecule has 9 nitrogen and oxygen atoms in total. The molecule has 2 aromatic carbocycles. The number of carbonyl (C=O) groups is 3. The number of piperidine rings is 2. The van der Waals surface area contributed by atoms with Crippen molar-refractivity contribution in [3.63, 3.8) is 0 Å². The van der Waals surface area contributed by atoms with E-state index in [1.807, 2.05) is 39.8 Å². The number of rotatable bonds is 33. The molecule has 1 N–H and O–H groups in total. The molecule has 2 aliphatic rings. The number of phenols is 1. The van der Waals surface area contributed by atoms with Gasteiger partial charge >= 0.3 is 17.9 Å². The number of nitrogens with zero attached hydrogens (tertiary/aromatic N) is 2. The number of esters is 3. The molecular formula is C52H80N2O7S2. The molecule has 63 heavy (non-hydrogen) atoms. The van der Waals surface area contributed by atoms with Gasteiger partial charge < -0.3 is 29.1 Å². The largest absolute Gasteiger partial charge is 0.508 e. The lowest BCUT2D eigenvalue weighted by Crippen LogP contribution is -2.36. The number of ether oxygens (including phenoxy) is 3. The molecule has 2 saturated heterocycles. The van der Waals surface area contributed by atoms with Crippen molar-refractivity contribution in [1.82, 2.24) is 9.80 Å². The standard InChI is InChI=1S/C52H80N2O7S2/c1-2-3-4-5-6-7-8-9-10-11-12-14-17-46(22-25-50(56)61-49-18-15-13-16-19-49)42-51(57)59-38-30-44-26-32-53(33-27-44)36-40-62-63-41-37-54-34-28-45(29-35-54)31-39-60-52(58)43-47-20-23-48(55)24-21-47/h9-10,13,15-16,18-21,23-24,44-46,55H,2-8,11-12,14,17,22,25-43H2,1H3/b10-9-. The third-order valence-electron chi connectivity index (χ3n) is 12.7. The maximum Gasteiger partial charge on any atom is 0.311 e. The highest BCUT2D eigenvalue weighted by Gasteiger charge is 2.22. The average Bonchev–Trinajstić information content (AvgIpc) is 3.29. The summed E-state index contributed by atoms with van der Waals surface area (Å²) in [6, 6.07) is 15.9. The highest BCUT2D eigenvalue weighted by atomic mass is 33.1. The predicted octanol–water partition coefficient (Wildman–Crippen LogP) is 11.9. The number of unbranched alkanes of at least 4 members (excludes halogenated alkanes) is 8. The van der Waals surface area contributed by atoms with E-state index in [9.17, 15) is 19.5 Å². The molecule has 0 radical (unpaired) electrons. The molecule has 1 atom stereocenters. The van der Waals surface area contributed by atoms with Gasteiger partial charge in [-0.15, -0.1) is 0 Å². The van der Waals surface area contributed by atoms with Gasteiger partial charge in [0.2, 0.25) is 0 Å². The fourth-order valence-electron chi connectivity index (χ4n) is 8.57. The zero-order valence-corrected chi connectivity index (χ0v) is 40.2. The van der Waals surface area contributed by atoms with E-state index in [0.717, 1.165) is 108 Å². The predicted molar refractivity (Wildman–Crippen MR) is 261 cm³/mol. The first kappa shape index (κ1) is 52.6. The number of carbonyl (C=O) groups excluding carboxylic acids is 3. The first-order chi connectivity index (χ1) is 30.9. The molecule has 2 heterocycles. The smallest absolute Gasteiger partial charge is 0.311 e. The van der Waals surface area contributed by atoms with Gasteiger partial charge in [-0.1, -0.05) is 110 Å². The van der Waals surface area contributed by atoms with Crippen molar-refractivity contribution < 1.29 is 33.7 Å². The molecule has 2 aliphatic heterocycles. The van der Waals surface area contributed by atoms with Crippen LogP contribution in [0.5, 0.6) is 11.5 Å². The van der Waals surface area contributed by atoms with Crippen molar-refractivity contribution in [2.45, 2.75) is 142 Å². The number of para-hydroxylation sites is 1. The van der Waals surface area contributed by atoms with Crippen LogP contribution < -0.4 is 4.74 Å². The highest BCUT2D eigenvalue weighted by Crippen LogP contribution is 2.27. The van der Waals surface area contributed by atoms with Crippen molar-refractivity contribution in [2.75, 3.05) is 64.0 Å². The maximum absolute atomic E-state index is 13.0. The normalized spacial score (nSPS) is 16.0. The summed E-state index contributed by atoms with van der Waals surface area (Å²) in [6.07, 6.45) is 26.0. The van der Waals surface area contributed by atoms with Crippen LogP contribution in [0.2, 0.25) is 0 Å². The third-order valence-corrected chi connectivity index (χ3v) is 15.0. The van der Waals surface area contributed by atoms with Crippen LogP contribution in [0.15, 0.2) is 66.7 Å². The van der Waals surface area contributed by atoms with Crippen LogP contribution in [-0.4, -0.2) is 96.8 Å². The van der Waals surface area contributed by atoms with E-state index in [1.54, 1.807) is 36.4 Å². The van der Waals surface area contributed by atoms with Gasteiger partial charge in [0.15, 0.2) is 0 Å². The molecule has 0 aliphatic carbocycles. The summed E-state index contributed by atoms with van der Waals surface area (Å²) in [5.41, 5.74) is 0.855. The van der Waals surface area contributed by atoms with Crippen molar-refractivity contribution in [2.24, 2.45) is 17.8 Å². The Morgan fingerprint density at radius 3 is 1.84 bits per heavy atom. The lowest BCUT2D eigenvalue weighted by atomic mass is 9.92. The second kappa shape index (κ2) is 33.5. The molecule has 0 amide bonds. The SMILES string of the molecule is CCCCCCCC/C=C\CCCCC(CCC(=O)Oc1ccccc1)CC(=O)OCCC1CCN(CCSSCCN2CCC(CCOC(=O)Cc3ccc(O)cc3)CC2)CC1. The van der Waals surface area contributed by atoms with Crippen LogP contribution in [0.25, 0.3) is 0 Å². The molecule has 352 valence electrons.